The van der Waals surface area contributed by atoms with Crippen LogP contribution in [0.4, 0.5) is 4.79 Å². The Balaban J connectivity index is 1.74. The average Bonchev–Trinajstić information content (AvgIpc) is 3.07. The van der Waals surface area contributed by atoms with Gasteiger partial charge in [-0.25, -0.2) is 9.78 Å². The second kappa shape index (κ2) is 7.81. The van der Waals surface area contributed by atoms with E-state index in [2.05, 4.69) is 22.1 Å². The van der Waals surface area contributed by atoms with E-state index in [-0.39, 0.29) is 12.5 Å². The summed E-state index contributed by atoms with van der Waals surface area (Å²) in [4.78, 5) is 18.4. The van der Waals surface area contributed by atoms with Gasteiger partial charge in [-0.2, -0.15) is 0 Å². The first-order valence-corrected chi connectivity index (χ1v) is 9.06. The molecule has 0 saturated heterocycles. The van der Waals surface area contributed by atoms with E-state index in [0.717, 1.165) is 27.4 Å². The Morgan fingerprint density at radius 1 is 1.10 bits per heavy atom. The lowest BCUT2D eigenvalue weighted by molar-refractivity contribution is 0.139. The smallest absolute Gasteiger partial charge is 0.489 e. The lowest BCUT2D eigenvalue weighted by atomic mass is 10.1. The second-order valence-corrected chi connectivity index (χ2v) is 6.74. The van der Waals surface area contributed by atoms with Crippen LogP contribution in [0.25, 0.3) is 21.8 Å². The van der Waals surface area contributed by atoms with Crippen LogP contribution in [0.15, 0.2) is 48.7 Å². The predicted octanol–water partition coefficient (Wildman–Crippen LogP) is 4.81. The SMILES string of the molecule is COCc1c(OC(=O)O)ncc2[nH]c3ccc(OCc4ccc(C)cc4)cc3c12. The Labute approximate surface area is 166 Å². The van der Waals surface area contributed by atoms with Gasteiger partial charge in [0.2, 0.25) is 5.88 Å². The molecule has 4 rings (SSSR count). The molecule has 2 heterocycles. The Morgan fingerprint density at radius 3 is 2.62 bits per heavy atom. The summed E-state index contributed by atoms with van der Waals surface area (Å²) < 4.78 is 16.1. The molecule has 29 heavy (non-hydrogen) atoms. The van der Waals surface area contributed by atoms with E-state index < -0.39 is 6.16 Å². The number of hydrogen-bond acceptors (Lipinski definition) is 5. The number of carbonyl (C=O) groups is 1. The first kappa shape index (κ1) is 18.8. The van der Waals surface area contributed by atoms with Gasteiger partial charge in [0, 0.05) is 23.4 Å². The first-order valence-electron chi connectivity index (χ1n) is 9.06. The molecule has 0 aliphatic rings. The van der Waals surface area contributed by atoms with Gasteiger partial charge in [-0.3, -0.25) is 0 Å². The summed E-state index contributed by atoms with van der Waals surface area (Å²) >= 11 is 0. The quantitative estimate of drug-likeness (QED) is 0.458. The molecule has 0 aliphatic carbocycles. The number of methoxy groups -OCH3 is 1. The van der Waals surface area contributed by atoms with Crippen LogP contribution in [0.2, 0.25) is 0 Å². The van der Waals surface area contributed by atoms with E-state index >= 15 is 0 Å². The molecule has 0 spiro atoms. The monoisotopic (exact) mass is 392 g/mol. The summed E-state index contributed by atoms with van der Waals surface area (Å²) in [5, 5.41) is 10.7. The van der Waals surface area contributed by atoms with Gasteiger partial charge >= 0.3 is 6.16 Å². The number of fused-ring (bicyclic) bond motifs is 3. The number of aromatic amines is 1. The average molecular weight is 392 g/mol. The number of ether oxygens (including phenoxy) is 3. The zero-order chi connectivity index (χ0) is 20.4. The molecule has 0 fully saturated rings. The fraction of sp³-hybridized carbons (Fsp3) is 0.182. The van der Waals surface area contributed by atoms with Gasteiger partial charge < -0.3 is 24.3 Å². The van der Waals surface area contributed by atoms with Gasteiger partial charge in [-0.1, -0.05) is 29.8 Å². The maximum Gasteiger partial charge on any atom is 0.512 e. The molecule has 0 atom stereocenters. The van der Waals surface area contributed by atoms with Crippen molar-refractivity contribution >= 4 is 28.0 Å². The van der Waals surface area contributed by atoms with Gasteiger partial charge in [0.05, 0.1) is 23.9 Å². The van der Waals surface area contributed by atoms with Crippen LogP contribution in [0.1, 0.15) is 16.7 Å². The highest BCUT2D eigenvalue weighted by molar-refractivity contribution is 6.09. The zero-order valence-electron chi connectivity index (χ0n) is 16.1. The van der Waals surface area contributed by atoms with E-state index in [9.17, 15) is 4.79 Å². The number of hydrogen-bond donors (Lipinski definition) is 2. The van der Waals surface area contributed by atoms with Gasteiger partial charge in [-0.15, -0.1) is 0 Å². The molecule has 0 bridgehead atoms. The number of aromatic nitrogens is 2. The van der Waals surface area contributed by atoms with Crippen LogP contribution in [0, 0.1) is 6.92 Å². The molecule has 0 saturated carbocycles. The molecule has 2 aromatic carbocycles. The van der Waals surface area contributed by atoms with E-state index in [1.165, 1.54) is 12.7 Å². The number of carboxylic acid groups (broad SMARTS) is 1. The van der Waals surface area contributed by atoms with Crippen LogP contribution in [0.3, 0.4) is 0 Å². The topological polar surface area (TPSA) is 93.7 Å². The second-order valence-electron chi connectivity index (χ2n) is 6.74. The Kier molecular flexibility index (Phi) is 5.05. The summed E-state index contributed by atoms with van der Waals surface area (Å²) in [6.07, 6.45) is 0.135. The standard InChI is InChI=1S/C22H20N2O5/c1-13-3-5-14(6-4-13)11-28-15-7-8-18-16(9-15)20-17(12-27-2)21(29-22(25)26)23-10-19(20)24-18/h3-10,24H,11-12H2,1-2H3,(H,25,26). The van der Waals surface area contributed by atoms with Crippen molar-refractivity contribution < 1.29 is 24.1 Å². The molecule has 7 nitrogen and oxygen atoms in total. The summed E-state index contributed by atoms with van der Waals surface area (Å²) in [6, 6.07) is 13.9. The fourth-order valence-corrected chi connectivity index (χ4v) is 3.31. The molecule has 0 aliphatic heterocycles. The molecule has 7 heteroatoms. The summed E-state index contributed by atoms with van der Waals surface area (Å²) in [6.45, 7) is 2.66. The van der Waals surface area contributed by atoms with Crippen LogP contribution in [0.5, 0.6) is 11.6 Å². The molecular formula is C22H20N2O5. The van der Waals surface area contributed by atoms with Crippen molar-refractivity contribution in [2.45, 2.75) is 20.1 Å². The summed E-state index contributed by atoms with van der Waals surface area (Å²) in [7, 11) is 1.54. The highest BCUT2D eigenvalue weighted by Gasteiger charge is 2.18. The zero-order valence-corrected chi connectivity index (χ0v) is 16.1. The van der Waals surface area contributed by atoms with E-state index in [0.29, 0.717) is 17.9 Å². The van der Waals surface area contributed by atoms with Crippen molar-refractivity contribution in [2.24, 2.45) is 0 Å². The van der Waals surface area contributed by atoms with Crippen molar-refractivity contribution in [1.82, 2.24) is 9.97 Å². The Morgan fingerprint density at radius 2 is 1.90 bits per heavy atom. The normalized spacial score (nSPS) is 11.1. The van der Waals surface area contributed by atoms with Crippen molar-refractivity contribution in [1.29, 1.82) is 0 Å². The Bertz CT molecular complexity index is 1180. The highest BCUT2D eigenvalue weighted by atomic mass is 16.7. The lowest BCUT2D eigenvalue weighted by Crippen LogP contribution is -2.07. The maximum absolute atomic E-state index is 11.0. The minimum atomic E-state index is -1.42. The number of rotatable bonds is 6. The minimum Gasteiger partial charge on any atom is -0.489 e. The van der Waals surface area contributed by atoms with Crippen molar-refractivity contribution in [3.8, 4) is 11.6 Å². The van der Waals surface area contributed by atoms with Crippen LogP contribution in [-0.2, 0) is 18.0 Å². The third kappa shape index (κ3) is 3.86. The van der Waals surface area contributed by atoms with Gasteiger partial charge in [-0.05, 0) is 30.7 Å². The van der Waals surface area contributed by atoms with Crippen molar-refractivity contribution in [2.75, 3.05) is 7.11 Å². The third-order valence-corrected chi connectivity index (χ3v) is 4.67. The van der Waals surface area contributed by atoms with Crippen LogP contribution < -0.4 is 9.47 Å². The van der Waals surface area contributed by atoms with E-state index in [1.807, 2.05) is 37.3 Å². The number of aryl methyl sites for hydroxylation is 1. The molecule has 0 unspecified atom stereocenters. The third-order valence-electron chi connectivity index (χ3n) is 4.67. The number of benzene rings is 2. The number of H-pyrrole nitrogens is 1. The largest absolute Gasteiger partial charge is 0.512 e. The number of nitrogens with zero attached hydrogens (tertiary/aromatic N) is 1. The number of nitrogens with one attached hydrogen (secondary N) is 1. The van der Waals surface area contributed by atoms with Gasteiger partial charge in [0.1, 0.15) is 12.4 Å². The molecule has 0 radical (unpaired) electrons. The highest BCUT2D eigenvalue weighted by Crippen LogP contribution is 2.35. The van der Waals surface area contributed by atoms with Crippen LogP contribution >= 0.6 is 0 Å². The van der Waals surface area contributed by atoms with Gasteiger partial charge in [0.15, 0.2) is 0 Å². The molecule has 2 N–H and O–H groups in total. The predicted molar refractivity (Wildman–Crippen MR) is 108 cm³/mol. The fourth-order valence-electron chi connectivity index (χ4n) is 3.31. The molecule has 0 amide bonds. The maximum atomic E-state index is 11.0. The Hall–Kier alpha value is -3.58. The first-order chi connectivity index (χ1) is 14.0. The van der Waals surface area contributed by atoms with Crippen molar-refractivity contribution in [3.63, 3.8) is 0 Å². The summed E-state index contributed by atoms with van der Waals surface area (Å²) in [5.41, 5.74) is 4.49. The lowest BCUT2D eigenvalue weighted by Gasteiger charge is -2.09. The van der Waals surface area contributed by atoms with Crippen LogP contribution in [-0.4, -0.2) is 28.3 Å². The molecule has 148 valence electrons. The van der Waals surface area contributed by atoms with Crippen molar-refractivity contribution in [3.05, 3.63) is 65.4 Å². The molecule has 2 aromatic heterocycles. The number of pyridine rings is 1. The summed E-state index contributed by atoms with van der Waals surface area (Å²) in [5.74, 6) is 0.721. The molecule has 4 aromatic rings. The van der Waals surface area contributed by atoms with E-state index in [4.69, 9.17) is 19.3 Å². The minimum absolute atomic E-state index is 0.0127. The van der Waals surface area contributed by atoms with Gasteiger partial charge in [0.25, 0.3) is 0 Å². The molecular weight excluding hydrogens is 372 g/mol. The van der Waals surface area contributed by atoms with E-state index in [1.54, 1.807) is 6.20 Å².